The maximum atomic E-state index is 12.2. The Labute approximate surface area is 116 Å². The van der Waals surface area contributed by atoms with E-state index >= 15 is 0 Å². The van der Waals surface area contributed by atoms with Crippen LogP contribution in [0.5, 0.6) is 0 Å². The Morgan fingerprint density at radius 3 is 2.45 bits per heavy atom. The smallest absolute Gasteiger partial charge is 0.425 e. The topological polar surface area (TPSA) is 74.4 Å². The normalized spacial score (nSPS) is 11.6. The molecule has 0 saturated carbocycles. The predicted molar refractivity (Wildman–Crippen MR) is 75.0 cm³/mol. The molecule has 0 atom stereocenters. The first-order valence-corrected chi connectivity index (χ1v) is 6.20. The fraction of sp³-hybridized carbons (Fsp3) is 0.357. The van der Waals surface area contributed by atoms with Gasteiger partial charge in [0.15, 0.2) is 0 Å². The van der Waals surface area contributed by atoms with E-state index in [1.54, 1.807) is 52.0 Å². The number of aryl methyl sites for hydroxylation is 1. The highest BCUT2D eigenvalue weighted by Crippen LogP contribution is 2.31. The monoisotopic (exact) mass is 276 g/mol. The number of para-hydroxylation sites is 1. The summed E-state index contributed by atoms with van der Waals surface area (Å²) in [6, 6.07) is 6.92. The highest BCUT2D eigenvalue weighted by atomic mass is 16.6. The van der Waals surface area contributed by atoms with Crippen molar-refractivity contribution in [3.05, 3.63) is 39.9 Å². The average molecular weight is 276 g/mol. The fourth-order valence-corrected chi connectivity index (χ4v) is 2.10. The molecule has 0 amide bonds. The van der Waals surface area contributed by atoms with Gasteiger partial charge in [0.1, 0.15) is 11.1 Å². The quantitative estimate of drug-likeness (QED) is 0.588. The number of nitro groups is 1. The average Bonchev–Trinajstić information content (AvgIpc) is 2.61. The Morgan fingerprint density at radius 1 is 1.30 bits per heavy atom. The Bertz CT molecular complexity index is 695. The van der Waals surface area contributed by atoms with Gasteiger partial charge in [0.25, 0.3) is 0 Å². The lowest BCUT2D eigenvalue weighted by atomic mass is 10.2. The molecule has 2 rings (SSSR count). The van der Waals surface area contributed by atoms with E-state index in [0.29, 0.717) is 16.5 Å². The van der Waals surface area contributed by atoms with Crippen LogP contribution in [0.1, 0.15) is 26.3 Å². The molecule has 0 aliphatic rings. The molecule has 106 valence electrons. The molecule has 20 heavy (non-hydrogen) atoms. The van der Waals surface area contributed by atoms with Crippen LogP contribution < -0.4 is 0 Å². The van der Waals surface area contributed by atoms with Gasteiger partial charge in [0.05, 0.1) is 5.56 Å². The predicted octanol–water partition coefficient (Wildman–Crippen LogP) is 3.64. The Morgan fingerprint density at radius 2 is 1.90 bits per heavy atom. The molecular weight excluding hydrogens is 260 g/mol. The molecule has 0 radical (unpaired) electrons. The van der Waals surface area contributed by atoms with Gasteiger partial charge in [-0.1, -0.05) is 18.2 Å². The van der Waals surface area contributed by atoms with Crippen LogP contribution in [0.25, 0.3) is 10.9 Å². The van der Waals surface area contributed by atoms with Crippen LogP contribution in [0, 0.1) is 17.0 Å². The SMILES string of the molecule is Cc1c([N+](=O)[O-])n(C(=O)OC(C)(C)C)c2ccccc12. The van der Waals surface area contributed by atoms with Gasteiger partial charge in [-0.15, -0.1) is 4.57 Å². The van der Waals surface area contributed by atoms with Crippen molar-refractivity contribution in [1.82, 2.24) is 4.57 Å². The lowest BCUT2D eigenvalue weighted by Crippen LogP contribution is -2.27. The molecule has 0 unspecified atom stereocenters. The molecule has 0 N–H and O–H groups in total. The molecule has 0 aliphatic carbocycles. The van der Waals surface area contributed by atoms with Crippen LogP contribution in [-0.4, -0.2) is 21.2 Å². The molecule has 1 aromatic heterocycles. The Kier molecular flexibility index (Phi) is 3.25. The highest BCUT2D eigenvalue weighted by Gasteiger charge is 2.32. The minimum Gasteiger partial charge on any atom is -0.425 e. The Balaban J connectivity index is 2.70. The number of nitrogens with zero attached hydrogens (tertiary/aromatic N) is 2. The van der Waals surface area contributed by atoms with E-state index in [9.17, 15) is 14.9 Å². The molecule has 6 heteroatoms. The third-order valence-corrected chi connectivity index (χ3v) is 2.85. The zero-order chi connectivity index (χ0) is 15.1. The van der Waals surface area contributed by atoms with Gasteiger partial charge in [0, 0.05) is 5.39 Å². The first kappa shape index (κ1) is 14.0. The van der Waals surface area contributed by atoms with Gasteiger partial charge < -0.3 is 14.9 Å². The molecule has 6 nitrogen and oxygen atoms in total. The number of carbonyl (C=O) groups is 1. The molecule has 1 heterocycles. The van der Waals surface area contributed by atoms with Crippen molar-refractivity contribution in [2.24, 2.45) is 0 Å². The minimum atomic E-state index is -0.742. The van der Waals surface area contributed by atoms with E-state index in [1.807, 2.05) is 0 Å². The van der Waals surface area contributed by atoms with Crippen LogP contribution in [0.3, 0.4) is 0 Å². The molecule has 0 aliphatic heterocycles. The summed E-state index contributed by atoms with van der Waals surface area (Å²) in [7, 11) is 0. The first-order chi connectivity index (χ1) is 9.22. The van der Waals surface area contributed by atoms with Crippen molar-refractivity contribution >= 4 is 22.8 Å². The second kappa shape index (κ2) is 4.63. The number of carbonyl (C=O) groups excluding carboxylic acids is 1. The van der Waals surface area contributed by atoms with Crippen LogP contribution in [0.15, 0.2) is 24.3 Å². The number of benzene rings is 1. The number of hydrogen-bond acceptors (Lipinski definition) is 4. The standard InChI is InChI=1S/C14H16N2O4/c1-9-10-7-5-6-8-11(10)15(12(9)16(18)19)13(17)20-14(2,3)4/h5-8H,1-4H3. The highest BCUT2D eigenvalue weighted by molar-refractivity contribution is 5.96. The van der Waals surface area contributed by atoms with Gasteiger partial charge in [-0.2, -0.15) is 4.79 Å². The third kappa shape index (κ3) is 2.36. The molecule has 0 saturated heterocycles. The van der Waals surface area contributed by atoms with Gasteiger partial charge in [-0.05, 0) is 38.7 Å². The fourth-order valence-electron chi connectivity index (χ4n) is 2.10. The number of fused-ring (bicyclic) bond motifs is 1. The van der Waals surface area contributed by atoms with E-state index in [2.05, 4.69) is 0 Å². The zero-order valence-electron chi connectivity index (χ0n) is 11.8. The second-order valence-corrected chi connectivity index (χ2v) is 5.54. The van der Waals surface area contributed by atoms with E-state index < -0.39 is 16.6 Å². The van der Waals surface area contributed by atoms with Crippen LogP contribution >= 0.6 is 0 Å². The lowest BCUT2D eigenvalue weighted by Gasteiger charge is -2.17. The summed E-state index contributed by atoms with van der Waals surface area (Å²) in [5.74, 6) is -0.250. The zero-order valence-corrected chi connectivity index (χ0v) is 11.8. The maximum Gasteiger partial charge on any atom is 0.513 e. The molecule has 1 aromatic carbocycles. The summed E-state index contributed by atoms with van der Waals surface area (Å²) in [5.41, 5.74) is 0.215. The summed E-state index contributed by atoms with van der Waals surface area (Å²) in [6.07, 6.45) is -0.742. The minimum absolute atomic E-state index is 0.250. The number of rotatable bonds is 1. The van der Waals surface area contributed by atoms with Crippen molar-refractivity contribution in [2.75, 3.05) is 0 Å². The Hall–Kier alpha value is -2.37. The van der Waals surface area contributed by atoms with Crippen LogP contribution in [-0.2, 0) is 4.74 Å². The first-order valence-electron chi connectivity index (χ1n) is 6.20. The van der Waals surface area contributed by atoms with E-state index in [1.165, 1.54) is 0 Å². The van der Waals surface area contributed by atoms with E-state index in [0.717, 1.165) is 4.57 Å². The molecule has 0 spiro atoms. The third-order valence-electron chi connectivity index (χ3n) is 2.85. The van der Waals surface area contributed by atoms with Crippen molar-refractivity contribution in [1.29, 1.82) is 0 Å². The molecule has 0 fully saturated rings. The van der Waals surface area contributed by atoms with Gasteiger partial charge in [0.2, 0.25) is 0 Å². The van der Waals surface area contributed by atoms with Gasteiger partial charge in [-0.3, -0.25) is 0 Å². The summed E-state index contributed by atoms with van der Waals surface area (Å²) in [4.78, 5) is 23.0. The van der Waals surface area contributed by atoms with Crippen molar-refractivity contribution in [3.63, 3.8) is 0 Å². The van der Waals surface area contributed by atoms with Crippen molar-refractivity contribution in [2.45, 2.75) is 33.3 Å². The second-order valence-electron chi connectivity index (χ2n) is 5.54. The molecule has 2 aromatic rings. The van der Waals surface area contributed by atoms with E-state index in [-0.39, 0.29) is 5.82 Å². The summed E-state index contributed by atoms with van der Waals surface area (Å²) in [5, 5.41) is 11.9. The number of ether oxygens (including phenoxy) is 1. The number of hydrogen-bond donors (Lipinski definition) is 0. The van der Waals surface area contributed by atoms with Crippen molar-refractivity contribution < 1.29 is 14.5 Å². The maximum absolute atomic E-state index is 12.2. The van der Waals surface area contributed by atoms with Crippen LogP contribution in [0.2, 0.25) is 0 Å². The molecular formula is C14H16N2O4. The van der Waals surface area contributed by atoms with Gasteiger partial charge >= 0.3 is 11.9 Å². The van der Waals surface area contributed by atoms with Crippen LogP contribution in [0.4, 0.5) is 10.6 Å². The van der Waals surface area contributed by atoms with Crippen molar-refractivity contribution in [3.8, 4) is 0 Å². The lowest BCUT2D eigenvalue weighted by molar-refractivity contribution is -0.391. The summed E-state index contributed by atoms with van der Waals surface area (Å²) < 4.78 is 6.28. The van der Waals surface area contributed by atoms with Gasteiger partial charge in [-0.25, -0.2) is 0 Å². The summed E-state index contributed by atoms with van der Waals surface area (Å²) >= 11 is 0. The number of aromatic nitrogens is 1. The molecule has 0 bridgehead atoms. The summed E-state index contributed by atoms with van der Waals surface area (Å²) in [6.45, 7) is 6.78. The van der Waals surface area contributed by atoms with E-state index in [4.69, 9.17) is 4.74 Å². The largest absolute Gasteiger partial charge is 0.513 e.